The molecule has 0 aromatic heterocycles. The molecule has 2 aliphatic rings. The highest BCUT2D eigenvalue weighted by atomic mass is 16.5. The van der Waals surface area contributed by atoms with Gasteiger partial charge in [0.2, 0.25) is 23.6 Å². The van der Waals surface area contributed by atoms with Gasteiger partial charge in [0.15, 0.2) is 12.6 Å². The number of aliphatic hydroxyl groups is 1. The van der Waals surface area contributed by atoms with Crippen LogP contribution in [0.5, 0.6) is 5.75 Å². The Labute approximate surface area is 344 Å². The zero-order chi connectivity index (χ0) is 42.9. The monoisotopic (exact) mass is 823 g/mol. The van der Waals surface area contributed by atoms with E-state index < -0.39 is 78.4 Å². The van der Waals surface area contributed by atoms with E-state index in [0.717, 1.165) is 42.9 Å². The van der Waals surface area contributed by atoms with E-state index in [4.69, 9.17) is 20.9 Å². The number of carbonyl (C=O) groups excluding carboxylic acids is 6. The Hall–Kier alpha value is -5.65. The van der Waals surface area contributed by atoms with E-state index in [0.29, 0.717) is 31.6 Å². The van der Waals surface area contributed by atoms with E-state index >= 15 is 0 Å². The molecular formula is C41H61N9O9. The van der Waals surface area contributed by atoms with Gasteiger partial charge in [-0.05, 0) is 62.8 Å². The molecular weight excluding hydrogens is 763 g/mol. The van der Waals surface area contributed by atoms with E-state index in [-0.39, 0.29) is 38.2 Å². The minimum atomic E-state index is -1.33. The zero-order valence-electron chi connectivity index (χ0n) is 34.2. The van der Waals surface area contributed by atoms with Crippen LogP contribution >= 0.6 is 0 Å². The van der Waals surface area contributed by atoms with Crippen molar-refractivity contribution in [2.24, 2.45) is 22.4 Å². The molecule has 1 aliphatic carbocycles. The number of guanidine groups is 1. The third-order valence-corrected chi connectivity index (χ3v) is 10.4. The largest absolute Gasteiger partial charge is 0.483 e. The third-order valence-electron chi connectivity index (χ3n) is 10.4. The Morgan fingerprint density at radius 1 is 0.864 bits per heavy atom. The van der Waals surface area contributed by atoms with E-state index in [2.05, 4.69) is 31.6 Å². The maximum Gasteiger partial charge on any atom is 0.407 e. The van der Waals surface area contributed by atoms with Crippen LogP contribution < -0.4 is 42.8 Å². The number of alkyl carbamates (subject to hydrolysis) is 1. The average molecular weight is 824 g/mol. The molecule has 18 nitrogen and oxygen atoms in total. The molecule has 10 N–H and O–H groups in total. The summed E-state index contributed by atoms with van der Waals surface area (Å²) in [6, 6.07) is 9.13. The normalized spacial score (nSPS) is 17.5. The minimum Gasteiger partial charge on any atom is -0.483 e. The number of hydrogen-bond acceptors (Lipinski definition) is 10. The van der Waals surface area contributed by atoms with Crippen LogP contribution in [0.1, 0.15) is 78.6 Å². The molecule has 1 heterocycles. The Morgan fingerprint density at radius 3 is 2.31 bits per heavy atom. The minimum absolute atomic E-state index is 0.0250. The van der Waals surface area contributed by atoms with Crippen molar-refractivity contribution in [3.05, 3.63) is 42.5 Å². The lowest BCUT2D eigenvalue weighted by molar-refractivity contribution is -0.140. The summed E-state index contributed by atoms with van der Waals surface area (Å²) in [5, 5.41) is 25.6. The number of aliphatic imine (C=N–C) groups is 1. The maximum absolute atomic E-state index is 13.6. The van der Waals surface area contributed by atoms with Crippen LogP contribution in [0.15, 0.2) is 47.5 Å². The molecule has 0 spiro atoms. The molecule has 1 saturated carbocycles. The van der Waals surface area contributed by atoms with Gasteiger partial charge in [0.05, 0.1) is 18.7 Å². The van der Waals surface area contributed by atoms with Crippen LogP contribution in [0.4, 0.5) is 4.79 Å². The first-order valence-corrected chi connectivity index (χ1v) is 20.5. The first-order chi connectivity index (χ1) is 28.2. The second kappa shape index (κ2) is 23.1. The smallest absolute Gasteiger partial charge is 0.407 e. The second-order valence-electron chi connectivity index (χ2n) is 15.5. The SMILES string of the molecule is CC(C)[C@H](NC(=O)[C@H](CCCN=C(N)N)NC(=O)COc1cccc2ccccc12)C(=O)NCC(=O)N[C@H](C(=O)N1CCC[C@H]1COC(=O)NC1CCCCC1)[C@@H](C)O. The molecule has 0 bridgehead atoms. The Bertz CT molecular complexity index is 1770. The number of hydrogen-bond donors (Lipinski definition) is 8. The summed E-state index contributed by atoms with van der Waals surface area (Å²) in [6.07, 6.45) is 4.94. The summed E-state index contributed by atoms with van der Waals surface area (Å²) in [5.41, 5.74) is 10.9. The molecule has 59 heavy (non-hydrogen) atoms. The molecule has 18 heteroatoms. The molecule has 0 radical (unpaired) electrons. The molecule has 2 fully saturated rings. The highest BCUT2D eigenvalue weighted by molar-refractivity contribution is 5.95. The molecule has 6 amide bonds. The summed E-state index contributed by atoms with van der Waals surface area (Å²) < 4.78 is 11.3. The topological polar surface area (TPSA) is 269 Å². The fraction of sp³-hybridized carbons (Fsp3) is 0.585. The first-order valence-electron chi connectivity index (χ1n) is 20.5. The number of carbonyl (C=O) groups is 6. The van der Waals surface area contributed by atoms with Gasteiger partial charge >= 0.3 is 6.09 Å². The van der Waals surface area contributed by atoms with Crippen molar-refractivity contribution < 1.29 is 43.3 Å². The molecule has 1 saturated heterocycles. The fourth-order valence-corrected chi connectivity index (χ4v) is 7.26. The van der Waals surface area contributed by atoms with Crippen LogP contribution in [0.25, 0.3) is 10.8 Å². The number of rotatable bonds is 20. The summed E-state index contributed by atoms with van der Waals surface area (Å²) in [5.74, 6) is -3.26. The summed E-state index contributed by atoms with van der Waals surface area (Å²) in [4.78, 5) is 84.6. The lowest BCUT2D eigenvalue weighted by atomic mass is 9.96. The fourth-order valence-electron chi connectivity index (χ4n) is 7.26. The third kappa shape index (κ3) is 14.6. The Kier molecular flexibility index (Phi) is 18.0. The van der Waals surface area contributed by atoms with Crippen LogP contribution in [-0.2, 0) is 28.7 Å². The van der Waals surface area contributed by atoms with Crippen LogP contribution in [0.2, 0.25) is 0 Å². The van der Waals surface area contributed by atoms with Crippen molar-refractivity contribution in [1.29, 1.82) is 0 Å². The van der Waals surface area contributed by atoms with Gasteiger partial charge in [-0.2, -0.15) is 0 Å². The standard InChI is InChI=1S/C41H61N9O9/c1-25(2)35(49-37(54)31(18-10-20-44-40(42)43)47-34(53)24-58-32-19-9-13-27-12-7-8-17-30(27)32)38(55)45-22-33(52)48-36(26(3)51)39(56)50-21-11-16-29(50)23-59-41(57)46-28-14-5-4-6-15-28/h7-9,12-13,17,19,25-26,28-29,31,35-36,51H,4-6,10-11,14-16,18,20-24H2,1-3H3,(H,45,55)(H,46,57)(H,47,53)(H,48,52)(H,49,54)(H4,42,43,44)/t26-,29+,31+,35+,36+/m1/s1. The predicted molar refractivity (Wildman–Crippen MR) is 221 cm³/mol. The molecule has 324 valence electrons. The quantitative estimate of drug-likeness (QED) is 0.0529. The number of aliphatic hydroxyl groups excluding tert-OH is 1. The molecule has 1 aliphatic heterocycles. The van der Waals surface area contributed by atoms with Gasteiger partial charge in [0.25, 0.3) is 5.91 Å². The van der Waals surface area contributed by atoms with Gasteiger partial charge < -0.3 is 57.5 Å². The van der Waals surface area contributed by atoms with Gasteiger partial charge in [0.1, 0.15) is 30.5 Å². The number of nitrogens with one attached hydrogen (secondary N) is 5. The van der Waals surface area contributed by atoms with E-state index in [1.165, 1.54) is 11.8 Å². The van der Waals surface area contributed by atoms with Crippen molar-refractivity contribution in [3.63, 3.8) is 0 Å². The molecule has 2 aromatic rings. The summed E-state index contributed by atoms with van der Waals surface area (Å²) >= 11 is 0. The maximum atomic E-state index is 13.6. The predicted octanol–water partition coefficient (Wildman–Crippen LogP) is 0.930. The van der Waals surface area contributed by atoms with Crippen LogP contribution in [-0.4, -0.2) is 121 Å². The molecule has 0 unspecified atom stereocenters. The second-order valence-corrected chi connectivity index (χ2v) is 15.5. The van der Waals surface area contributed by atoms with E-state index in [1.807, 2.05) is 36.4 Å². The summed E-state index contributed by atoms with van der Waals surface area (Å²) in [7, 11) is 0. The Morgan fingerprint density at radius 2 is 1.59 bits per heavy atom. The van der Waals surface area contributed by atoms with Crippen LogP contribution in [0, 0.1) is 5.92 Å². The lowest BCUT2D eigenvalue weighted by Gasteiger charge is -2.30. The highest BCUT2D eigenvalue weighted by Gasteiger charge is 2.37. The number of nitrogens with two attached hydrogens (primary N) is 2. The van der Waals surface area contributed by atoms with Crippen molar-refractivity contribution in [2.75, 3.05) is 32.8 Å². The number of ether oxygens (including phenoxy) is 2. The Balaban J connectivity index is 1.30. The highest BCUT2D eigenvalue weighted by Crippen LogP contribution is 2.25. The van der Waals surface area contributed by atoms with E-state index in [1.54, 1.807) is 19.9 Å². The molecule has 2 aromatic carbocycles. The van der Waals surface area contributed by atoms with Gasteiger partial charge in [-0.1, -0.05) is 69.5 Å². The number of benzene rings is 2. The molecule has 5 atom stereocenters. The summed E-state index contributed by atoms with van der Waals surface area (Å²) in [6.45, 7) is 4.35. The number of amides is 6. The number of fused-ring (bicyclic) bond motifs is 1. The van der Waals surface area contributed by atoms with Gasteiger partial charge in [-0.3, -0.25) is 29.0 Å². The van der Waals surface area contributed by atoms with Gasteiger partial charge in [-0.15, -0.1) is 0 Å². The van der Waals surface area contributed by atoms with Crippen molar-refractivity contribution in [2.45, 2.75) is 115 Å². The number of nitrogens with zero attached hydrogens (tertiary/aromatic N) is 2. The van der Waals surface area contributed by atoms with Gasteiger partial charge in [0, 0.05) is 24.5 Å². The van der Waals surface area contributed by atoms with Gasteiger partial charge in [-0.25, -0.2) is 4.79 Å². The average Bonchev–Trinajstić information content (AvgIpc) is 3.69. The lowest BCUT2D eigenvalue weighted by Crippen LogP contribution is -2.58. The van der Waals surface area contributed by atoms with Crippen molar-refractivity contribution in [3.8, 4) is 5.75 Å². The number of likely N-dealkylation sites (tertiary alicyclic amines) is 1. The molecule has 4 rings (SSSR count). The van der Waals surface area contributed by atoms with Crippen molar-refractivity contribution in [1.82, 2.24) is 31.5 Å². The van der Waals surface area contributed by atoms with E-state index in [9.17, 15) is 33.9 Å². The van der Waals surface area contributed by atoms with Crippen LogP contribution in [0.3, 0.4) is 0 Å². The first kappa shape index (κ1) is 46.0. The van der Waals surface area contributed by atoms with Crippen molar-refractivity contribution >= 4 is 52.4 Å². The zero-order valence-corrected chi connectivity index (χ0v) is 34.2.